The first-order valence-corrected chi connectivity index (χ1v) is 6.14. The summed E-state index contributed by atoms with van der Waals surface area (Å²) in [7, 11) is 0. The van der Waals surface area contributed by atoms with Gasteiger partial charge in [0.1, 0.15) is 6.04 Å². The summed E-state index contributed by atoms with van der Waals surface area (Å²) in [6.07, 6.45) is -2.31. The van der Waals surface area contributed by atoms with Crippen LogP contribution < -0.4 is 11.1 Å². The van der Waals surface area contributed by atoms with E-state index in [0.717, 1.165) is 18.2 Å². The van der Waals surface area contributed by atoms with E-state index in [9.17, 15) is 22.8 Å². The SMILES string of the molecule is C=CCC[C@H](NC(=O)c1cccc(C(F)(F)F)c1)C(N)=O. The monoisotopic (exact) mass is 300 g/mol. The minimum atomic E-state index is -4.54. The zero-order valence-electron chi connectivity index (χ0n) is 11.1. The third-order valence-corrected chi connectivity index (χ3v) is 2.76. The number of nitrogens with one attached hydrogen (secondary N) is 1. The van der Waals surface area contributed by atoms with Crippen molar-refractivity contribution in [3.63, 3.8) is 0 Å². The van der Waals surface area contributed by atoms with E-state index >= 15 is 0 Å². The van der Waals surface area contributed by atoms with Crippen LogP contribution in [0, 0.1) is 0 Å². The Labute approximate surface area is 119 Å². The van der Waals surface area contributed by atoms with Crippen molar-refractivity contribution in [2.75, 3.05) is 0 Å². The lowest BCUT2D eigenvalue weighted by Crippen LogP contribution is -2.44. The summed E-state index contributed by atoms with van der Waals surface area (Å²) in [6, 6.07) is 2.99. The van der Waals surface area contributed by atoms with Crippen molar-refractivity contribution >= 4 is 11.8 Å². The summed E-state index contributed by atoms with van der Waals surface area (Å²) >= 11 is 0. The number of carbonyl (C=O) groups excluding carboxylic acids is 2. The molecule has 4 nitrogen and oxygen atoms in total. The number of hydrogen-bond donors (Lipinski definition) is 2. The first kappa shape index (κ1) is 16.7. The molecule has 114 valence electrons. The van der Waals surface area contributed by atoms with E-state index in [-0.39, 0.29) is 12.0 Å². The number of carbonyl (C=O) groups is 2. The Balaban J connectivity index is 2.87. The number of nitrogens with two attached hydrogens (primary N) is 1. The van der Waals surface area contributed by atoms with Gasteiger partial charge in [-0.25, -0.2) is 0 Å². The molecular formula is C14H15F3N2O2. The van der Waals surface area contributed by atoms with Gasteiger partial charge < -0.3 is 11.1 Å². The van der Waals surface area contributed by atoms with Crippen LogP contribution in [-0.2, 0) is 11.0 Å². The van der Waals surface area contributed by atoms with E-state index in [4.69, 9.17) is 5.73 Å². The maximum absolute atomic E-state index is 12.6. The fourth-order valence-corrected chi connectivity index (χ4v) is 1.65. The van der Waals surface area contributed by atoms with Crippen LogP contribution in [0.1, 0.15) is 28.8 Å². The summed E-state index contributed by atoms with van der Waals surface area (Å²) in [6.45, 7) is 3.48. The van der Waals surface area contributed by atoms with Gasteiger partial charge in [-0.2, -0.15) is 13.2 Å². The maximum atomic E-state index is 12.6. The highest BCUT2D eigenvalue weighted by molar-refractivity contribution is 5.97. The van der Waals surface area contributed by atoms with Gasteiger partial charge in [0, 0.05) is 5.56 Å². The third kappa shape index (κ3) is 4.94. The van der Waals surface area contributed by atoms with Gasteiger partial charge in [0.2, 0.25) is 5.91 Å². The first-order chi connectivity index (χ1) is 9.75. The summed E-state index contributed by atoms with van der Waals surface area (Å²) in [5, 5.41) is 2.32. The number of benzene rings is 1. The Kier molecular flexibility index (Phi) is 5.52. The van der Waals surface area contributed by atoms with Gasteiger partial charge >= 0.3 is 6.18 Å². The molecule has 0 heterocycles. The molecule has 0 radical (unpaired) electrons. The Morgan fingerprint density at radius 2 is 2.05 bits per heavy atom. The van der Waals surface area contributed by atoms with E-state index in [1.807, 2.05) is 0 Å². The number of alkyl halides is 3. The fraction of sp³-hybridized carbons (Fsp3) is 0.286. The van der Waals surface area contributed by atoms with Crippen molar-refractivity contribution in [1.29, 1.82) is 0 Å². The van der Waals surface area contributed by atoms with Gasteiger partial charge in [-0.15, -0.1) is 6.58 Å². The number of amides is 2. The molecule has 0 bridgehead atoms. The van der Waals surface area contributed by atoms with Crippen LogP contribution in [0.4, 0.5) is 13.2 Å². The smallest absolute Gasteiger partial charge is 0.368 e. The van der Waals surface area contributed by atoms with Gasteiger partial charge in [-0.3, -0.25) is 9.59 Å². The molecule has 0 aromatic heterocycles. The van der Waals surface area contributed by atoms with Gasteiger partial charge in [-0.05, 0) is 31.0 Å². The number of rotatable bonds is 6. The Hall–Kier alpha value is -2.31. The van der Waals surface area contributed by atoms with Crippen LogP contribution in [0.3, 0.4) is 0 Å². The molecule has 1 aromatic rings. The summed E-state index contributed by atoms with van der Waals surface area (Å²) in [5.41, 5.74) is 4.02. The van der Waals surface area contributed by atoms with Crippen molar-refractivity contribution in [2.45, 2.75) is 25.1 Å². The number of primary amides is 1. The topological polar surface area (TPSA) is 72.2 Å². The van der Waals surface area contributed by atoms with Crippen molar-refractivity contribution in [3.8, 4) is 0 Å². The Morgan fingerprint density at radius 3 is 2.57 bits per heavy atom. The molecule has 21 heavy (non-hydrogen) atoms. The van der Waals surface area contributed by atoms with Crippen LogP contribution in [0.2, 0.25) is 0 Å². The van der Waals surface area contributed by atoms with Gasteiger partial charge in [-0.1, -0.05) is 12.1 Å². The zero-order chi connectivity index (χ0) is 16.0. The van der Waals surface area contributed by atoms with Crippen molar-refractivity contribution in [3.05, 3.63) is 48.0 Å². The lowest BCUT2D eigenvalue weighted by Gasteiger charge is -2.15. The molecule has 1 aromatic carbocycles. The van der Waals surface area contributed by atoms with Crippen LogP contribution in [0.15, 0.2) is 36.9 Å². The highest BCUT2D eigenvalue weighted by Crippen LogP contribution is 2.29. The van der Waals surface area contributed by atoms with Gasteiger partial charge in [0.25, 0.3) is 5.91 Å². The van der Waals surface area contributed by atoms with E-state index < -0.39 is 29.6 Å². The molecule has 0 unspecified atom stereocenters. The molecule has 0 fully saturated rings. The van der Waals surface area contributed by atoms with Crippen molar-refractivity contribution < 1.29 is 22.8 Å². The second-order valence-corrected chi connectivity index (χ2v) is 4.37. The van der Waals surface area contributed by atoms with E-state index in [0.29, 0.717) is 6.42 Å². The summed E-state index contributed by atoms with van der Waals surface area (Å²) in [5.74, 6) is -1.54. The zero-order valence-corrected chi connectivity index (χ0v) is 11.1. The molecule has 0 aliphatic rings. The minimum absolute atomic E-state index is 0.185. The normalized spacial score (nSPS) is 12.5. The van der Waals surface area contributed by atoms with Crippen molar-refractivity contribution in [2.24, 2.45) is 5.73 Å². The molecule has 0 spiro atoms. The maximum Gasteiger partial charge on any atom is 0.416 e. The highest BCUT2D eigenvalue weighted by Gasteiger charge is 2.31. The molecule has 0 aliphatic carbocycles. The predicted molar refractivity (Wildman–Crippen MR) is 71.3 cm³/mol. The van der Waals surface area contributed by atoms with E-state index in [1.54, 1.807) is 6.08 Å². The molecule has 1 atom stereocenters. The third-order valence-electron chi connectivity index (χ3n) is 2.76. The lowest BCUT2D eigenvalue weighted by atomic mass is 10.1. The molecule has 2 amide bonds. The van der Waals surface area contributed by atoms with Crippen molar-refractivity contribution in [1.82, 2.24) is 5.32 Å². The molecule has 7 heteroatoms. The Bertz CT molecular complexity index is 541. The van der Waals surface area contributed by atoms with Crippen LogP contribution in [0.25, 0.3) is 0 Å². The van der Waals surface area contributed by atoms with E-state index in [1.165, 1.54) is 6.07 Å². The molecule has 0 saturated heterocycles. The fourth-order valence-electron chi connectivity index (χ4n) is 1.65. The molecule has 3 N–H and O–H groups in total. The average molecular weight is 300 g/mol. The minimum Gasteiger partial charge on any atom is -0.368 e. The highest BCUT2D eigenvalue weighted by atomic mass is 19.4. The van der Waals surface area contributed by atoms with E-state index in [2.05, 4.69) is 11.9 Å². The van der Waals surface area contributed by atoms with Gasteiger partial charge in [0.05, 0.1) is 5.56 Å². The number of allylic oxidation sites excluding steroid dienone is 1. The standard InChI is InChI=1S/C14H15F3N2O2/c1-2-3-7-11(12(18)20)19-13(21)9-5-4-6-10(8-9)14(15,16)17/h2,4-6,8,11H,1,3,7H2,(H2,18,20)(H,19,21)/t11-/m0/s1. The molecule has 0 aliphatic heterocycles. The van der Waals surface area contributed by atoms with Crippen LogP contribution >= 0.6 is 0 Å². The second-order valence-electron chi connectivity index (χ2n) is 4.37. The van der Waals surface area contributed by atoms with Crippen LogP contribution in [0.5, 0.6) is 0 Å². The second kappa shape index (κ2) is 6.92. The Morgan fingerprint density at radius 1 is 1.38 bits per heavy atom. The van der Waals surface area contributed by atoms with Gasteiger partial charge in [0.15, 0.2) is 0 Å². The lowest BCUT2D eigenvalue weighted by molar-refractivity contribution is -0.137. The summed E-state index contributed by atoms with van der Waals surface area (Å²) in [4.78, 5) is 23.1. The molecule has 0 saturated carbocycles. The predicted octanol–water partition coefficient (Wildman–Crippen LogP) is 2.26. The quantitative estimate of drug-likeness (QED) is 0.791. The first-order valence-electron chi connectivity index (χ1n) is 6.14. The largest absolute Gasteiger partial charge is 0.416 e. The number of hydrogen-bond acceptors (Lipinski definition) is 2. The molecular weight excluding hydrogens is 285 g/mol. The summed E-state index contributed by atoms with van der Waals surface area (Å²) < 4.78 is 37.7. The number of halogens is 3. The average Bonchev–Trinajstić information content (AvgIpc) is 2.42. The van der Waals surface area contributed by atoms with Crippen LogP contribution in [-0.4, -0.2) is 17.9 Å². The molecule has 1 rings (SSSR count).